The number of hydrogen-bond acceptors (Lipinski definition) is 4. The fourth-order valence-electron chi connectivity index (χ4n) is 2.85. The van der Waals surface area contributed by atoms with Crippen molar-refractivity contribution in [2.45, 2.75) is 12.5 Å². The van der Waals surface area contributed by atoms with Gasteiger partial charge in [0.25, 0.3) is 0 Å². The Morgan fingerprint density at radius 1 is 1.24 bits per heavy atom. The van der Waals surface area contributed by atoms with Gasteiger partial charge in [-0.25, -0.2) is 4.79 Å². The minimum Gasteiger partial charge on any atom is -0.468 e. The molecule has 0 aliphatic rings. The summed E-state index contributed by atoms with van der Waals surface area (Å²) in [6, 6.07) is 12.0. The summed E-state index contributed by atoms with van der Waals surface area (Å²) in [7, 11) is 3.02. The number of ether oxygens (including phenoxy) is 1. The van der Waals surface area contributed by atoms with Crippen LogP contribution in [0.1, 0.15) is 5.56 Å². The zero-order valence-corrected chi connectivity index (χ0v) is 14.7. The van der Waals surface area contributed by atoms with E-state index in [-0.39, 0.29) is 5.69 Å². The molecule has 1 atom stereocenters. The first-order chi connectivity index (χ1) is 11.9. The molecule has 2 N–H and O–H groups in total. The van der Waals surface area contributed by atoms with Gasteiger partial charge in [-0.3, -0.25) is 13.9 Å². The van der Waals surface area contributed by atoms with Crippen LogP contribution in [0.25, 0.3) is 16.7 Å². The summed E-state index contributed by atoms with van der Waals surface area (Å²) < 4.78 is 7.76. The van der Waals surface area contributed by atoms with Gasteiger partial charge in [0.1, 0.15) is 6.04 Å². The molecule has 0 spiro atoms. The van der Waals surface area contributed by atoms with Crippen LogP contribution in [0, 0.1) is 0 Å². The van der Waals surface area contributed by atoms with Crippen LogP contribution in [0.4, 0.5) is 0 Å². The third kappa shape index (κ3) is 3.06. The first kappa shape index (κ1) is 17.3. The number of aryl methyl sites for hydroxylation is 1. The van der Waals surface area contributed by atoms with Crippen LogP contribution in [0.15, 0.2) is 47.3 Å². The van der Waals surface area contributed by atoms with Crippen molar-refractivity contribution in [3.63, 3.8) is 0 Å². The maximum absolute atomic E-state index is 12.6. The molecular formula is C18H18ClN3O3. The Balaban J connectivity index is 2.01. The van der Waals surface area contributed by atoms with E-state index in [4.69, 9.17) is 17.3 Å². The molecule has 25 heavy (non-hydrogen) atoms. The summed E-state index contributed by atoms with van der Waals surface area (Å²) in [5.41, 5.74) is 8.59. The van der Waals surface area contributed by atoms with Crippen molar-refractivity contribution in [3.8, 4) is 5.69 Å². The number of nitrogens with two attached hydrogens (primary N) is 1. The van der Waals surface area contributed by atoms with Gasteiger partial charge in [-0.2, -0.15) is 0 Å². The smallest absolute Gasteiger partial charge is 0.333 e. The Morgan fingerprint density at radius 3 is 2.56 bits per heavy atom. The highest BCUT2D eigenvalue weighted by molar-refractivity contribution is 6.35. The first-order valence-corrected chi connectivity index (χ1v) is 8.10. The molecule has 3 rings (SSSR count). The quantitative estimate of drug-likeness (QED) is 0.723. The van der Waals surface area contributed by atoms with Crippen molar-refractivity contribution < 1.29 is 9.53 Å². The van der Waals surface area contributed by atoms with Crippen LogP contribution in [0.2, 0.25) is 5.02 Å². The number of nitrogens with zero attached hydrogens (tertiary/aromatic N) is 2. The molecule has 3 aromatic rings. The van der Waals surface area contributed by atoms with E-state index in [1.807, 2.05) is 36.4 Å². The second-order valence-electron chi connectivity index (χ2n) is 5.78. The fourth-order valence-corrected chi connectivity index (χ4v) is 3.11. The summed E-state index contributed by atoms with van der Waals surface area (Å²) in [4.78, 5) is 24.0. The Hall–Kier alpha value is -2.57. The average Bonchev–Trinajstić information content (AvgIpc) is 2.88. The highest BCUT2D eigenvalue weighted by atomic mass is 35.5. The van der Waals surface area contributed by atoms with Gasteiger partial charge in [0.05, 0.1) is 28.9 Å². The van der Waals surface area contributed by atoms with Crippen LogP contribution in [-0.4, -0.2) is 28.3 Å². The minimum absolute atomic E-state index is 0.179. The zero-order chi connectivity index (χ0) is 18.1. The van der Waals surface area contributed by atoms with Gasteiger partial charge in [0, 0.05) is 7.05 Å². The predicted molar refractivity (Wildman–Crippen MR) is 97.2 cm³/mol. The zero-order valence-electron chi connectivity index (χ0n) is 13.9. The number of methoxy groups -OCH3 is 1. The SMILES string of the molecule is COC(=O)C(N)Cc1ccc(-n2c(=O)n(C)c3cccc(Cl)c32)cc1. The number of carbonyl (C=O) groups excluding carboxylic acids is 1. The monoisotopic (exact) mass is 359 g/mol. The Labute approximate surface area is 149 Å². The molecule has 1 unspecified atom stereocenters. The number of imidazole rings is 1. The molecule has 0 aliphatic heterocycles. The number of fused-ring (bicyclic) bond motifs is 1. The summed E-state index contributed by atoms with van der Waals surface area (Å²) in [6.07, 6.45) is 0.359. The van der Waals surface area contributed by atoms with Crippen molar-refractivity contribution in [1.29, 1.82) is 0 Å². The number of carbonyl (C=O) groups is 1. The van der Waals surface area contributed by atoms with Gasteiger partial charge in [-0.05, 0) is 36.2 Å². The molecule has 2 aromatic carbocycles. The molecule has 7 heteroatoms. The fraction of sp³-hybridized carbons (Fsp3) is 0.222. The molecule has 0 bridgehead atoms. The van der Waals surface area contributed by atoms with Crippen molar-refractivity contribution in [2.75, 3.05) is 7.11 Å². The molecule has 0 amide bonds. The second-order valence-corrected chi connectivity index (χ2v) is 6.19. The molecular weight excluding hydrogens is 342 g/mol. The Kier molecular flexibility index (Phi) is 4.65. The summed E-state index contributed by atoms with van der Waals surface area (Å²) >= 11 is 6.31. The number of para-hydroxylation sites is 1. The van der Waals surface area contributed by atoms with Crippen LogP contribution >= 0.6 is 11.6 Å². The van der Waals surface area contributed by atoms with Gasteiger partial charge >= 0.3 is 11.7 Å². The van der Waals surface area contributed by atoms with Gasteiger partial charge in [0.15, 0.2) is 0 Å². The number of hydrogen-bond donors (Lipinski definition) is 1. The molecule has 0 saturated heterocycles. The standard InChI is InChI=1S/C18H18ClN3O3/c1-21-15-5-3-4-13(19)16(15)22(18(21)24)12-8-6-11(7-9-12)10-14(20)17(23)25-2/h3-9,14H,10,20H2,1-2H3. The lowest BCUT2D eigenvalue weighted by molar-refractivity contribution is -0.142. The van der Waals surface area contributed by atoms with E-state index in [0.717, 1.165) is 11.1 Å². The average molecular weight is 360 g/mol. The van der Waals surface area contributed by atoms with Crippen LogP contribution in [-0.2, 0) is 23.0 Å². The van der Waals surface area contributed by atoms with Gasteiger partial charge in [-0.15, -0.1) is 0 Å². The van der Waals surface area contributed by atoms with Crippen molar-refractivity contribution in [3.05, 3.63) is 63.5 Å². The van der Waals surface area contributed by atoms with Gasteiger partial charge < -0.3 is 10.5 Å². The minimum atomic E-state index is -0.717. The number of esters is 1. The predicted octanol–water partition coefficient (Wildman–Crippen LogP) is 2.03. The van der Waals surface area contributed by atoms with Crippen molar-refractivity contribution in [1.82, 2.24) is 9.13 Å². The number of rotatable bonds is 4. The maximum atomic E-state index is 12.6. The summed E-state index contributed by atoms with van der Waals surface area (Å²) in [5.74, 6) is -0.457. The lowest BCUT2D eigenvalue weighted by Crippen LogP contribution is -2.33. The van der Waals surface area contributed by atoms with E-state index in [2.05, 4.69) is 4.74 Å². The number of benzene rings is 2. The van der Waals surface area contributed by atoms with E-state index < -0.39 is 12.0 Å². The van der Waals surface area contributed by atoms with E-state index in [1.54, 1.807) is 22.2 Å². The number of aromatic nitrogens is 2. The normalized spacial score (nSPS) is 12.3. The molecule has 6 nitrogen and oxygen atoms in total. The van der Waals surface area contributed by atoms with Gasteiger partial charge in [-0.1, -0.05) is 29.8 Å². The topological polar surface area (TPSA) is 79.2 Å². The van der Waals surface area contributed by atoms with E-state index in [0.29, 0.717) is 22.6 Å². The highest BCUT2D eigenvalue weighted by Crippen LogP contribution is 2.25. The highest BCUT2D eigenvalue weighted by Gasteiger charge is 2.16. The van der Waals surface area contributed by atoms with Crippen LogP contribution in [0.5, 0.6) is 0 Å². The molecule has 0 fully saturated rings. The first-order valence-electron chi connectivity index (χ1n) is 7.72. The third-order valence-corrected chi connectivity index (χ3v) is 4.49. The lowest BCUT2D eigenvalue weighted by atomic mass is 10.1. The van der Waals surface area contributed by atoms with E-state index in [1.165, 1.54) is 7.11 Å². The van der Waals surface area contributed by atoms with Crippen molar-refractivity contribution in [2.24, 2.45) is 12.8 Å². The van der Waals surface area contributed by atoms with Crippen LogP contribution in [0.3, 0.4) is 0 Å². The Morgan fingerprint density at radius 2 is 1.92 bits per heavy atom. The molecule has 0 saturated carbocycles. The maximum Gasteiger partial charge on any atom is 0.333 e. The van der Waals surface area contributed by atoms with E-state index in [9.17, 15) is 9.59 Å². The second kappa shape index (κ2) is 6.74. The van der Waals surface area contributed by atoms with E-state index >= 15 is 0 Å². The number of halogens is 1. The molecule has 130 valence electrons. The molecule has 0 radical (unpaired) electrons. The van der Waals surface area contributed by atoms with Gasteiger partial charge in [0.2, 0.25) is 0 Å². The Bertz CT molecular complexity index is 989. The largest absolute Gasteiger partial charge is 0.468 e. The van der Waals surface area contributed by atoms with Crippen molar-refractivity contribution >= 4 is 28.6 Å². The third-order valence-electron chi connectivity index (χ3n) is 4.18. The summed E-state index contributed by atoms with van der Waals surface area (Å²) in [6.45, 7) is 0. The molecule has 0 aliphatic carbocycles. The molecule has 1 aromatic heterocycles. The lowest BCUT2D eigenvalue weighted by Gasteiger charge is -2.10. The summed E-state index contributed by atoms with van der Waals surface area (Å²) in [5, 5.41) is 0.506. The molecule has 1 heterocycles. The van der Waals surface area contributed by atoms with Crippen LogP contribution < -0.4 is 11.4 Å².